The van der Waals surface area contributed by atoms with Gasteiger partial charge in [0.15, 0.2) is 6.04 Å². The van der Waals surface area contributed by atoms with Gasteiger partial charge in [0.25, 0.3) is 5.91 Å². The fourth-order valence-electron chi connectivity index (χ4n) is 3.86. The summed E-state index contributed by atoms with van der Waals surface area (Å²) >= 11 is 1.54. The first-order valence-electron chi connectivity index (χ1n) is 10.1. The van der Waals surface area contributed by atoms with E-state index in [1.165, 1.54) is 12.8 Å². The predicted molar refractivity (Wildman–Crippen MR) is 107 cm³/mol. The van der Waals surface area contributed by atoms with Crippen LogP contribution in [0.3, 0.4) is 0 Å². The van der Waals surface area contributed by atoms with Crippen molar-refractivity contribution < 1.29 is 28.6 Å². The molecule has 0 aliphatic carbocycles. The number of ether oxygens (including phenoxy) is 3. The molecule has 0 aromatic rings. The molecule has 3 fully saturated rings. The van der Waals surface area contributed by atoms with Crippen molar-refractivity contribution >= 4 is 36.1 Å². The summed E-state index contributed by atoms with van der Waals surface area (Å²) < 4.78 is 13.8. The van der Waals surface area contributed by atoms with Gasteiger partial charge in [-0.05, 0) is 33.6 Å². The summed E-state index contributed by atoms with van der Waals surface area (Å²) in [7, 11) is 0. The Balaban J connectivity index is 1.57. The highest BCUT2D eigenvalue weighted by atomic mass is 32.2. The summed E-state index contributed by atoms with van der Waals surface area (Å²) in [6, 6.07) is -1.23. The molecule has 162 valence electrons. The lowest BCUT2D eigenvalue weighted by Crippen LogP contribution is -2.65. The maximum Gasteiger partial charge on any atom is 0.511 e. The highest BCUT2D eigenvalue weighted by Crippen LogP contribution is 2.51. The zero-order valence-electron chi connectivity index (χ0n) is 17.2. The molecule has 0 spiro atoms. The molecule has 0 N–H and O–H groups in total. The summed E-state index contributed by atoms with van der Waals surface area (Å²) in [5.74, 6) is -0.773. The van der Waals surface area contributed by atoms with E-state index in [0.29, 0.717) is 0 Å². The zero-order valence-corrected chi connectivity index (χ0v) is 18.0. The lowest BCUT2D eigenvalue weighted by atomic mass is 9.96. The third-order valence-electron chi connectivity index (χ3n) is 5.31. The second kappa shape index (κ2) is 9.23. The monoisotopic (exact) mass is 427 g/mol. The van der Waals surface area contributed by atoms with Crippen LogP contribution in [0.2, 0.25) is 0 Å². The van der Waals surface area contributed by atoms with Crippen LogP contribution in [0.25, 0.3) is 0 Å². The van der Waals surface area contributed by atoms with Crippen LogP contribution < -0.4 is 0 Å². The van der Waals surface area contributed by atoms with Crippen LogP contribution in [0.4, 0.5) is 4.79 Å². The molecule has 3 aliphatic heterocycles. The van der Waals surface area contributed by atoms with Crippen molar-refractivity contribution in [3.05, 3.63) is 0 Å². The number of carbonyl (C=O) groups is 3. The van der Waals surface area contributed by atoms with Crippen molar-refractivity contribution in [1.29, 1.82) is 0 Å². The van der Waals surface area contributed by atoms with Crippen LogP contribution in [0.5, 0.6) is 0 Å². The number of fused-ring (bicyclic) bond motifs is 1. The fourth-order valence-corrected chi connectivity index (χ4v) is 5.48. The number of esters is 1. The van der Waals surface area contributed by atoms with E-state index in [9.17, 15) is 14.4 Å². The predicted octanol–water partition coefficient (Wildman–Crippen LogP) is 2.00. The average molecular weight is 428 g/mol. The number of β-lactam (4-membered cyclic amide) rings is 1. The largest absolute Gasteiger partial charge is 0.511 e. The van der Waals surface area contributed by atoms with E-state index in [0.717, 1.165) is 25.9 Å². The van der Waals surface area contributed by atoms with Gasteiger partial charge >= 0.3 is 12.1 Å². The van der Waals surface area contributed by atoms with Gasteiger partial charge in [-0.15, -0.1) is 11.8 Å². The van der Waals surface area contributed by atoms with Gasteiger partial charge in [0.2, 0.25) is 6.79 Å². The van der Waals surface area contributed by atoms with Crippen LogP contribution in [0.1, 0.15) is 46.5 Å². The summed E-state index contributed by atoms with van der Waals surface area (Å²) in [4.78, 5) is 44.7. The number of likely N-dealkylation sites (tertiary alicyclic amines) is 1. The molecule has 0 radical (unpaired) electrons. The minimum Gasteiger partial charge on any atom is -0.435 e. The molecule has 3 aliphatic rings. The molecule has 3 atom stereocenters. The third kappa shape index (κ3) is 4.79. The van der Waals surface area contributed by atoms with Crippen LogP contribution in [-0.4, -0.2) is 82.9 Å². The SMILES string of the molecule is CCOC(=O)OCOC(=O)[C@@H]1N2C(=O)C(N=CN3CCCCCC3)[C@H]2SC1(C)C. The van der Waals surface area contributed by atoms with Gasteiger partial charge in [0.1, 0.15) is 11.4 Å². The molecule has 3 heterocycles. The Bertz CT molecular complexity index is 662. The number of rotatable bonds is 6. The molecule has 0 bridgehead atoms. The number of thioether (sulfide) groups is 1. The third-order valence-corrected chi connectivity index (χ3v) is 6.86. The van der Waals surface area contributed by atoms with Crippen molar-refractivity contribution in [2.75, 3.05) is 26.5 Å². The maximum absolute atomic E-state index is 12.7. The van der Waals surface area contributed by atoms with E-state index in [-0.39, 0.29) is 17.9 Å². The number of carbonyl (C=O) groups excluding carboxylic acids is 3. The van der Waals surface area contributed by atoms with Crippen LogP contribution in [0.15, 0.2) is 4.99 Å². The van der Waals surface area contributed by atoms with E-state index in [1.54, 1.807) is 29.9 Å². The van der Waals surface area contributed by atoms with Crippen molar-refractivity contribution in [1.82, 2.24) is 9.80 Å². The molecular formula is C19H29N3O6S. The second-order valence-electron chi connectivity index (χ2n) is 7.83. The maximum atomic E-state index is 12.7. The Kier molecular flexibility index (Phi) is 6.92. The van der Waals surface area contributed by atoms with Gasteiger partial charge < -0.3 is 24.0 Å². The molecule has 1 amide bonds. The molecule has 29 heavy (non-hydrogen) atoms. The average Bonchev–Trinajstić information content (AvgIpc) is 2.81. The number of nitrogens with zero attached hydrogens (tertiary/aromatic N) is 3. The fraction of sp³-hybridized carbons (Fsp3) is 0.789. The quantitative estimate of drug-likeness (QED) is 0.209. The first kappa shape index (κ1) is 21.7. The minimum absolute atomic E-state index is 0.169. The normalized spacial score (nSPS) is 28.5. The smallest absolute Gasteiger partial charge is 0.435 e. The first-order chi connectivity index (χ1) is 13.8. The zero-order chi connectivity index (χ0) is 21.0. The second-order valence-corrected chi connectivity index (χ2v) is 9.60. The molecule has 10 heteroatoms. The van der Waals surface area contributed by atoms with Crippen LogP contribution in [0, 0.1) is 0 Å². The molecule has 0 saturated carbocycles. The van der Waals surface area contributed by atoms with Crippen molar-refractivity contribution in [2.45, 2.75) is 68.7 Å². The standard InChI is InChI=1S/C19H29N3O6S/c1-4-26-18(25)28-12-27-17(24)14-19(2,3)29-16-13(15(23)22(14)16)20-11-21-9-7-5-6-8-10-21/h11,13-14,16H,4-10,12H2,1-3H3/t13?,14-,16+/m0/s1. The Labute approximate surface area is 175 Å². The summed E-state index contributed by atoms with van der Waals surface area (Å²) in [6.07, 6.45) is 5.65. The lowest BCUT2D eigenvalue weighted by molar-refractivity contribution is -0.169. The molecule has 1 unspecified atom stereocenters. The lowest BCUT2D eigenvalue weighted by Gasteiger charge is -2.41. The molecule has 0 aromatic carbocycles. The van der Waals surface area contributed by atoms with Crippen LogP contribution >= 0.6 is 11.8 Å². The van der Waals surface area contributed by atoms with Gasteiger partial charge in [0, 0.05) is 17.8 Å². The van der Waals surface area contributed by atoms with Crippen molar-refractivity contribution in [2.24, 2.45) is 4.99 Å². The number of hydrogen-bond donors (Lipinski definition) is 0. The van der Waals surface area contributed by atoms with Gasteiger partial charge in [-0.25, -0.2) is 9.59 Å². The minimum atomic E-state index is -0.902. The van der Waals surface area contributed by atoms with Crippen molar-refractivity contribution in [3.8, 4) is 0 Å². The topological polar surface area (TPSA) is 97.7 Å². The van der Waals surface area contributed by atoms with Gasteiger partial charge in [-0.1, -0.05) is 12.8 Å². The van der Waals surface area contributed by atoms with E-state index in [4.69, 9.17) is 4.74 Å². The van der Waals surface area contributed by atoms with Gasteiger partial charge in [0.05, 0.1) is 12.9 Å². The number of aliphatic imine (C=N–C) groups is 1. The van der Waals surface area contributed by atoms with E-state index in [1.807, 2.05) is 13.8 Å². The highest BCUT2D eigenvalue weighted by molar-refractivity contribution is 8.01. The molecule has 3 rings (SSSR count). The van der Waals surface area contributed by atoms with E-state index >= 15 is 0 Å². The Hall–Kier alpha value is -1.97. The van der Waals surface area contributed by atoms with Crippen molar-refractivity contribution in [3.63, 3.8) is 0 Å². The number of hydrogen-bond acceptors (Lipinski definition) is 8. The molecule has 9 nitrogen and oxygen atoms in total. The summed E-state index contributed by atoms with van der Waals surface area (Å²) in [5.41, 5.74) is 0. The van der Waals surface area contributed by atoms with Crippen LogP contribution in [-0.2, 0) is 23.8 Å². The Morgan fingerprint density at radius 3 is 2.52 bits per heavy atom. The van der Waals surface area contributed by atoms with Gasteiger partial charge in [-0.2, -0.15) is 0 Å². The molecule has 0 aromatic heterocycles. The molecular weight excluding hydrogens is 398 g/mol. The van der Waals surface area contributed by atoms with Gasteiger partial charge in [-0.3, -0.25) is 9.79 Å². The summed E-state index contributed by atoms with van der Waals surface area (Å²) in [6.45, 7) is 7.00. The Morgan fingerprint density at radius 2 is 1.86 bits per heavy atom. The van der Waals surface area contributed by atoms with E-state index < -0.39 is 35.7 Å². The number of amides is 1. The first-order valence-corrected chi connectivity index (χ1v) is 11.0. The summed E-state index contributed by atoms with van der Waals surface area (Å²) in [5, 5.41) is -0.191. The molecule has 3 saturated heterocycles. The highest BCUT2D eigenvalue weighted by Gasteiger charge is 2.64. The van der Waals surface area contributed by atoms with E-state index in [2.05, 4.69) is 19.4 Å². The Morgan fingerprint density at radius 1 is 1.17 bits per heavy atom.